The van der Waals surface area contributed by atoms with E-state index in [0.717, 1.165) is 27.5 Å². The number of rotatable bonds is 8. The molecule has 0 saturated carbocycles. The van der Waals surface area contributed by atoms with Gasteiger partial charge in [-0.15, -0.1) is 0 Å². The van der Waals surface area contributed by atoms with Gasteiger partial charge in [0, 0.05) is 17.0 Å². The van der Waals surface area contributed by atoms with Gasteiger partial charge in [-0.05, 0) is 42.0 Å². The van der Waals surface area contributed by atoms with Gasteiger partial charge in [0.15, 0.2) is 5.16 Å². The maximum absolute atomic E-state index is 12.9. The molecular weight excluding hydrogens is 448 g/mol. The first kappa shape index (κ1) is 22.0. The molecular formula is C23H21ClN4O3S. The molecule has 0 aliphatic heterocycles. The minimum Gasteiger partial charge on any atom is -0.497 e. The topological polar surface area (TPSA) is 78.3 Å². The molecule has 0 unspecified atom stereocenters. The lowest BCUT2D eigenvalue weighted by molar-refractivity contribution is -0.116. The number of hydrogen-bond donors (Lipinski definition) is 1. The fourth-order valence-electron chi connectivity index (χ4n) is 3.23. The first-order valence-corrected chi connectivity index (χ1v) is 11.1. The molecule has 2 aromatic carbocycles. The van der Waals surface area contributed by atoms with E-state index < -0.39 is 0 Å². The van der Waals surface area contributed by atoms with Crippen molar-refractivity contribution in [3.8, 4) is 11.5 Å². The van der Waals surface area contributed by atoms with Crippen molar-refractivity contribution >= 4 is 46.0 Å². The van der Waals surface area contributed by atoms with Crippen molar-refractivity contribution < 1.29 is 14.3 Å². The van der Waals surface area contributed by atoms with E-state index in [1.54, 1.807) is 56.6 Å². The average Bonchev–Trinajstić information content (AvgIpc) is 3.15. The number of methoxy groups -OCH3 is 2. The number of thioether (sulfide) groups is 1. The van der Waals surface area contributed by atoms with E-state index in [0.29, 0.717) is 22.2 Å². The second-order valence-electron chi connectivity index (χ2n) is 6.88. The van der Waals surface area contributed by atoms with Crippen molar-refractivity contribution in [2.45, 2.75) is 17.5 Å². The Hall–Kier alpha value is -3.23. The SMILES string of the molecule is COc1cccc(CSc2nc3ccncc3n2CC(=O)Nc2cc(Cl)ccc2OC)c1. The number of benzene rings is 2. The summed E-state index contributed by atoms with van der Waals surface area (Å²) >= 11 is 7.63. The summed E-state index contributed by atoms with van der Waals surface area (Å²) < 4.78 is 12.5. The second-order valence-corrected chi connectivity index (χ2v) is 8.26. The first-order valence-electron chi connectivity index (χ1n) is 9.76. The summed E-state index contributed by atoms with van der Waals surface area (Å²) in [4.78, 5) is 21.8. The van der Waals surface area contributed by atoms with Crippen LogP contribution in [0.2, 0.25) is 5.02 Å². The number of imidazole rings is 1. The molecule has 1 N–H and O–H groups in total. The van der Waals surface area contributed by atoms with Crippen LogP contribution in [0.4, 0.5) is 5.69 Å². The minimum absolute atomic E-state index is 0.0678. The Morgan fingerprint density at radius 1 is 1.16 bits per heavy atom. The Kier molecular flexibility index (Phi) is 6.82. The van der Waals surface area contributed by atoms with Gasteiger partial charge in [-0.25, -0.2) is 4.98 Å². The number of carbonyl (C=O) groups excluding carboxylic acids is 1. The van der Waals surface area contributed by atoms with Crippen LogP contribution in [0.3, 0.4) is 0 Å². The number of anilines is 1. The molecule has 2 aromatic heterocycles. The number of halogens is 1. The number of ether oxygens (including phenoxy) is 2. The Balaban J connectivity index is 1.57. The van der Waals surface area contributed by atoms with Crippen molar-refractivity contribution in [2.75, 3.05) is 19.5 Å². The fraction of sp³-hybridized carbons (Fsp3) is 0.174. The van der Waals surface area contributed by atoms with Gasteiger partial charge in [-0.1, -0.05) is 35.5 Å². The van der Waals surface area contributed by atoms with Crippen molar-refractivity contribution in [1.29, 1.82) is 0 Å². The van der Waals surface area contributed by atoms with Crippen LogP contribution in [-0.2, 0) is 17.1 Å². The van der Waals surface area contributed by atoms with Gasteiger partial charge in [0.2, 0.25) is 5.91 Å². The lowest BCUT2D eigenvalue weighted by atomic mass is 10.2. The zero-order valence-corrected chi connectivity index (χ0v) is 19.1. The summed E-state index contributed by atoms with van der Waals surface area (Å²) in [6.45, 7) is 0.0678. The summed E-state index contributed by atoms with van der Waals surface area (Å²) in [5.74, 6) is 1.79. The van der Waals surface area contributed by atoms with Crippen molar-refractivity contribution in [1.82, 2.24) is 14.5 Å². The van der Waals surface area contributed by atoms with E-state index in [2.05, 4.69) is 10.3 Å². The number of fused-ring (bicyclic) bond motifs is 1. The monoisotopic (exact) mass is 468 g/mol. The van der Waals surface area contributed by atoms with Gasteiger partial charge in [-0.2, -0.15) is 0 Å². The third kappa shape index (κ3) is 4.98. The predicted octanol–water partition coefficient (Wildman–Crippen LogP) is 5.03. The van der Waals surface area contributed by atoms with Gasteiger partial charge in [0.05, 0.1) is 37.1 Å². The van der Waals surface area contributed by atoms with Crippen LogP contribution in [0.15, 0.2) is 66.1 Å². The van der Waals surface area contributed by atoms with Crippen LogP contribution in [0.1, 0.15) is 5.56 Å². The van der Waals surface area contributed by atoms with E-state index in [9.17, 15) is 4.79 Å². The molecule has 2 heterocycles. The number of nitrogens with zero attached hydrogens (tertiary/aromatic N) is 3. The number of nitrogens with one attached hydrogen (secondary N) is 1. The van der Waals surface area contributed by atoms with Crippen LogP contribution < -0.4 is 14.8 Å². The lowest BCUT2D eigenvalue weighted by Gasteiger charge is -2.12. The van der Waals surface area contributed by atoms with Gasteiger partial charge < -0.3 is 19.4 Å². The zero-order chi connectivity index (χ0) is 22.5. The highest BCUT2D eigenvalue weighted by Gasteiger charge is 2.16. The van der Waals surface area contributed by atoms with E-state index in [1.807, 2.05) is 34.9 Å². The molecule has 7 nitrogen and oxygen atoms in total. The highest BCUT2D eigenvalue weighted by Crippen LogP contribution is 2.29. The third-order valence-electron chi connectivity index (χ3n) is 4.75. The number of pyridine rings is 1. The Morgan fingerprint density at radius 3 is 2.84 bits per heavy atom. The largest absolute Gasteiger partial charge is 0.497 e. The molecule has 0 bridgehead atoms. The van der Waals surface area contributed by atoms with Crippen molar-refractivity contribution in [3.63, 3.8) is 0 Å². The molecule has 4 rings (SSSR count). The number of aromatic nitrogens is 3. The van der Waals surface area contributed by atoms with Crippen LogP contribution in [0.5, 0.6) is 11.5 Å². The maximum atomic E-state index is 12.9. The van der Waals surface area contributed by atoms with E-state index in [1.165, 1.54) is 0 Å². The minimum atomic E-state index is -0.225. The molecule has 0 fully saturated rings. The van der Waals surface area contributed by atoms with Crippen molar-refractivity contribution in [3.05, 3.63) is 71.5 Å². The highest BCUT2D eigenvalue weighted by molar-refractivity contribution is 7.98. The third-order valence-corrected chi connectivity index (χ3v) is 6.04. The predicted molar refractivity (Wildman–Crippen MR) is 127 cm³/mol. The normalized spacial score (nSPS) is 10.8. The molecule has 9 heteroatoms. The molecule has 1 amide bonds. The molecule has 164 valence electrons. The Bertz CT molecular complexity index is 1260. The summed E-state index contributed by atoms with van der Waals surface area (Å²) in [5, 5.41) is 4.11. The second kappa shape index (κ2) is 9.93. The number of amides is 1. The molecule has 0 aliphatic rings. The van der Waals surface area contributed by atoms with Crippen LogP contribution >= 0.6 is 23.4 Å². The highest BCUT2D eigenvalue weighted by atomic mass is 35.5. The fourth-order valence-corrected chi connectivity index (χ4v) is 4.36. The molecule has 0 saturated heterocycles. The number of carbonyl (C=O) groups is 1. The van der Waals surface area contributed by atoms with E-state index in [4.69, 9.17) is 26.1 Å². The summed E-state index contributed by atoms with van der Waals surface area (Å²) in [6, 6.07) is 14.8. The first-order chi connectivity index (χ1) is 15.6. The van der Waals surface area contributed by atoms with Gasteiger partial charge >= 0.3 is 0 Å². The lowest BCUT2D eigenvalue weighted by Crippen LogP contribution is -2.19. The number of hydrogen-bond acceptors (Lipinski definition) is 6. The quantitative estimate of drug-likeness (QED) is 0.365. The van der Waals surface area contributed by atoms with Crippen LogP contribution in [0.25, 0.3) is 11.0 Å². The molecule has 0 radical (unpaired) electrons. The smallest absolute Gasteiger partial charge is 0.244 e. The molecule has 4 aromatic rings. The maximum Gasteiger partial charge on any atom is 0.244 e. The Labute approximate surface area is 194 Å². The zero-order valence-electron chi connectivity index (χ0n) is 17.5. The summed E-state index contributed by atoms with van der Waals surface area (Å²) in [6.07, 6.45) is 3.40. The van der Waals surface area contributed by atoms with E-state index in [-0.39, 0.29) is 12.5 Å². The standard InChI is InChI=1S/C23H21ClN4O3S/c1-30-17-5-3-4-15(10-17)14-32-23-27-18-8-9-25-12-20(18)28(23)13-22(29)26-19-11-16(24)6-7-21(19)31-2/h3-12H,13-14H2,1-2H3,(H,26,29). The average molecular weight is 469 g/mol. The molecule has 0 aliphatic carbocycles. The molecule has 32 heavy (non-hydrogen) atoms. The Morgan fingerprint density at radius 2 is 2.03 bits per heavy atom. The van der Waals surface area contributed by atoms with Gasteiger partial charge in [0.1, 0.15) is 18.0 Å². The van der Waals surface area contributed by atoms with Crippen molar-refractivity contribution in [2.24, 2.45) is 0 Å². The molecule has 0 atom stereocenters. The van der Waals surface area contributed by atoms with Gasteiger partial charge in [-0.3, -0.25) is 9.78 Å². The molecule has 0 spiro atoms. The van der Waals surface area contributed by atoms with Gasteiger partial charge in [0.25, 0.3) is 0 Å². The van der Waals surface area contributed by atoms with Crippen LogP contribution in [-0.4, -0.2) is 34.7 Å². The van der Waals surface area contributed by atoms with E-state index >= 15 is 0 Å². The summed E-state index contributed by atoms with van der Waals surface area (Å²) in [7, 11) is 3.19. The summed E-state index contributed by atoms with van der Waals surface area (Å²) in [5.41, 5.74) is 3.17. The van der Waals surface area contributed by atoms with Crippen LogP contribution in [0, 0.1) is 0 Å².